The average molecular weight is 242 g/mol. The number of hydrogen-bond acceptors (Lipinski definition) is 6. The molecule has 0 aromatic carbocycles. The molecule has 0 unspecified atom stereocenters. The van der Waals surface area contributed by atoms with Crippen LogP contribution >= 0.6 is 23.5 Å². The molecule has 0 amide bonds. The van der Waals surface area contributed by atoms with Crippen LogP contribution in [0.2, 0.25) is 0 Å². The largest absolute Gasteiger partial charge is 0.254 e. The van der Waals surface area contributed by atoms with Gasteiger partial charge in [0, 0.05) is 0 Å². The Morgan fingerprint density at radius 3 is 1.73 bits per heavy atom. The Morgan fingerprint density at radius 1 is 0.933 bits per heavy atom. The van der Waals surface area contributed by atoms with Gasteiger partial charge in [-0.1, -0.05) is 23.5 Å². The van der Waals surface area contributed by atoms with Crippen LogP contribution in [0, 0.1) is 0 Å². The molecule has 0 saturated carbocycles. The summed E-state index contributed by atoms with van der Waals surface area (Å²) in [5, 5.41) is 15.4. The number of aromatic nitrogens is 6. The van der Waals surface area contributed by atoms with Gasteiger partial charge in [0.2, 0.25) is 0 Å². The second-order valence-electron chi connectivity index (χ2n) is 2.70. The summed E-state index contributed by atoms with van der Waals surface area (Å²) in [5.74, 6) is 1.43. The van der Waals surface area contributed by atoms with Crippen LogP contribution in [0.4, 0.5) is 0 Å². The van der Waals surface area contributed by atoms with Crippen molar-refractivity contribution in [2.45, 2.75) is 16.7 Å². The first-order valence-corrected chi connectivity index (χ1v) is 6.67. The van der Waals surface area contributed by atoms with Crippen molar-refractivity contribution >= 4 is 23.5 Å². The predicted molar refractivity (Wildman–Crippen MR) is 59.1 cm³/mol. The van der Waals surface area contributed by atoms with E-state index in [1.54, 1.807) is 0 Å². The monoisotopic (exact) mass is 242 g/mol. The molecule has 0 fully saturated rings. The molecule has 0 radical (unpaired) electrons. The molecule has 2 rings (SSSR count). The predicted octanol–water partition coefficient (Wildman–Crippen LogP) is 0.957. The van der Waals surface area contributed by atoms with Crippen molar-refractivity contribution < 1.29 is 0 Å². The minimum atomic E-state index is 0.550. The molecule has 15 heavy (non-hydrogen) atoms. The fraction of sp³-hybridized carbons (Fsp3) is 0.429. The zero-order chi connectivity index (χ0) is 10.7. The molecule has 6 nitrogen and oxygen atoms in total. The molecular weight excluding hydrogens is 232 g/mol. The Labute approximate surface area is 95.1 Å². The topological polar surface area (TPSA) is 83.1 Å². The number of rotatable bonds is 4. The van der Waals surface area contributed by atoms with Crippen LogP contribution < -0.4 is 0 Å². The molecular formula is C7H10N6S2. The summed E-state index contributed by atoms with van der Waals surface area (Å²) in [4.78, 5) is 8.51. The van der Waals surface area contributed by atoms with Gasteiger partial charge in [0.15, 0.2) is 22.0 Å². The highest BCUT2D eigenvalue weighted by Crippen LogP contribution is 2.10. The summed E-state index contributed by atoms with van der Waals surface area (Å²) >= 11 is 3.06. The van der Waals surface area contributed by atoms with Gasteiger partial charge < -0.3 is 0 Å². The summed E-state index contributed by atoms with van der Waals surface area (Å²) < 4.78 is 0. The van der Waals surface area contributed by atoms with Gasteiger partial charge in [0.1, 0.15) is 0 Å². The van der Waals surface area contributed by atoms with E-state index in [-0.39, 0.29) is 0 Å². The lowest BCUT2D eigenvalue weighted by atomic mass is 10.4. The van der Waals surface area contributed by atoms with Crippen molar-refractivity contribution in [3.63, 3.8) is 0 Å². The van der Waals surface area contributed by atoms with Crippen molar-refractivity contribution in [2.24, 2.45) is 0 Å². The van der Waals surface area contributed by atoms with E-state index in [0.717, 1.165) is 10.3 Å². The standard InChI is InChI=1S/C7H10N6S2/c1-14-6-8-4(10-12-6)3-5-9-7(15-2)13-11-5/h3H2,1-2H3,(H,8,10,12)(H,9,11,13). The lowest BCUT2D eigenvalue weighted by molar-refractivity contribution is 0.899. The van der Waals surface area contributed by atoms with E-state index in [4.69, 9.17) is 0 Å². The van der Waals surface area contributed by atoms with Gasteiger partial charge in [0.25, 0.3) is 0 Å². The van der Waals surface area contributed by atoms with Crippen LogP contribution in [-0.4, -0.2) is 42.9 Å². The lowest BCUT2D eigenvalue weighted by Gasteiger charge is -1.86. The highest BCUT2D eigenvalue weighted by molar-refractivity contribution is 7.98. The van der Waals surface area contributed by atoms with Gasteiger partial charge in [-0.2, -0.15) is 10.2 Å². The molecule has 2 N–H and O–H groups in total. The Bertz CT molecular complexity index is 396. The average Bonchev–Trinajstić information content (AvgIpc) is 2.87. The van der Waals surface area contributed by atoms with Gasteiger partial charge >= 0.3 is 0 Å². The fourth-order valence-corrected chi connectivity index (χ4v) is 1.71. The maximum atomic E-state index is 4.25. The summed E-state index contributed by atoms with van der Waals surface area (Å²) in [6.07, 6.45) is 4.44. The van der Waals surface area contributed by atoms with Gasteiger partial charge in [-0.15, -0.1) is 0 Å². The van der Waals surface area contributed by atoms with Gasteiger partial charge in [-0.3, -0.25) is 10.2 Å². The Hall–Kier alpha value is -1.02. The summed E-state index contributed by atoms with van der Waals surface area (Å²) in [5.41, 5.74) is 0. The Balaban J connectivity index is 2.07. The zero-order valence-electron chi connectivity index (χ0n) is 8.31. The minimum Gasteiger partial charge on any atom is -0.254 e. The molecule has 2 heterocycles. The van der Waals surface area contributed by atoms with Crippen molar-refractivity contribution in [1.29, 1.82) is 0 Å². The molecule has 80 valence electrons. The van der Waals surface area contributed by atoms with E-state index in [0.29, 0.717) is 18.1 Å². The van der Waals surface area contributed by atoms with E-state index in [1.165, 1.54) is 23.5 Å². The third-order valence-electron chi connectivity index (χ3n) is 1.73. The first-order valence-electron chi connectivity index (χ1n) is 4.22. The van der Waals surface area contributed by atoms with Crippen molar-refractivity contribution in [1.82, 2.24) is 30.4 Å². The first-order chi connectivity index (χ1) is 7.31. The quantitative estimate of drug-likeness (QED) is 0.777. The maximum absolute atomic E-state index is 4.25. The molecule has 8 heteroatoms. The van der Waals surface area contributed by atoms with Gasteiger partial charge in [0.05, 0.1) is 6.42 Å². The molecule has 0 spiro atoms. The van der Waals surface area contributed by atoms with E-state index < -0.39 is 0 Å². The molecule has 0 atom stereocenters. The zero-order valence-corrected chi connectivity index (χ0v) is 9.95. The summed E-state index contributed by atoms with van der Waals surface area (Å²) in [6.45, 7) is 0. The van der Waals surface area contributed by atoms with Gasteiger partial charge in [-0.05, 0) is 12.5 Å². The van der Waals surface area contributed by atoms with Crippen LogP contribution in [0.1, 0.15) is 11.6 Å². The van der Waals surface area contributed by atoms with Crippen LogP contribution in [0.15, 0.2) is 10.3 Å². The highest BCUT2D eigenvalue weighted by atomic mass is 32.2. The van der Waals surface area contributed by atoms with E-state index in [2.05, 4.69) is 30.4 Å². The van der Waals surface area contributed by atoms with E-state index in [9.17, 15) is 0 Å². The second kappa shape index (κ2) is 4.67. The second-order valence-corrected chi connectivity index (χ2v) is 4.29. The van der Waals surface area contributed by atoms with Crippen LogP contribution in [0.5, 0.6) is 0 Å². The number of hydrogen-bond donors (Lipinski definition) is 2. The molecule has 2 aromatic rings. The number of H-pyrrole nitrogens is 2. The third-order valence-corrected chi connectivity index (χ3v) is 2.86. The SMILES string of the molecule is CSc1nc(Cc2n[nH]c(SC)n2)n[nH]1. The fourth-order valence-electron chi connectivity index (χ4n) is 1.04. The van der Waals surface area contributed by atoms with Crippen LogP contribution in [0.25, 0.3) is 0 Å². The molecule has 0 aliphatic rings. The van der Waals surface area contributed by atoms with Crippen molar-refractivity contribution in [2.75, 3.05) is 12.5 Å². The highest BCUT2D eigenvalue weighted by Gasteiger charge is 2.07. The molecule has 0 aliphatic heterocycles. The molecule has 2 aromatic heterocycles. The normalized spacial score (nSPS) is 10.8. The lowest BCUT2D eigenvalue weighted by Crippen LogP contribution is -1.93. The Kier molecular flexibility index (Phi) is 3.27. The van der Waals surface area contributed by atoms with Crippen molar-refractivity contribution in [3.05, 3.63) is 11.6 Å². The van der Waals surface area contributed by atoms with E-state index >= 15 is 0 Å². The first kappa shape index (κ1) is 10.5. The number of nitrogens with one attached hydrogen (secondary N) is 2. The number of aromatic amines is 2. The third kappa shape index (κ3) is 2.51. The van der Waals surface area contributed by atoms with E-state index in [1.807, 2.05) is 12.5 Å². The molecule has 0 aliphatic carbocycles. The summed E-state index contributed by atoms with van der Waals surface area (Å²) in [6, 6.07) is 0. The maximum Gasteiger partial charge on any atom is 0.183 e. The molecule has 0 bridgehead atoms. The van der Waals surface area contributed by atoms with Crippen LogP contribution in [0.3, 0.4) is 0 Å². The summed E-state index contributed by atoms with van der Waals surface area (Å²) in [7, 11) is 0. The number of thioether (sulfide) groups is 2. The van der Waals surface area contributed by atoms with Crippen molar-refractivity contribution in [3.8, 4) is 0 Å². The minimum absolute atomic E-state index is 0.550. The molecule has 0 saturated heterocycles. The smallest absolute Gasteiger partial charge is 0.183 e. The Morgan fingerprint density at radius 2 is 1.40 bits per heavy atom. The van der Waals surface area contributed by atoms with Crippen LogP contribution in [-0.2, 0) is 6.42 Å². The number of nitrogens with zero attached hydrogens (tertiary/aromatic N) is 4. The van der Waals surface area contributed by atoms with Gasteiger partial charge in [-0.25, -0.2) is 9.97 Å².